The summed E-state index contributed by atoms with van der Waals surface area (Å²) >= 11 is 0. The lowest BCUT2D eigenvalue weighted by Gasteiger charge is -2.56. The van der Waals surface area contributed by atoms with E-state index in [-0.39, 0.29) is 11.8 Å². The molecule has 3 fully saturated rings. The van der Waals surface area contributed by atoms with Gasteiger partial charge in [-0.2, -0.15) is 0 Å². The summed E-state index contributed by atoms with van der Waals surface area (Å²) in [5, 5.41) is 0. The van der Waals surface area contributed by atoms with Crippen LogP contribution in [-0.2, 0) is 9.59 Å². The third-order valence-corrected chi connectivity index (χ3v) is 4.78. The Morgan fingerprint density at radius 3 is 2.05 bits per heavy atom. The molecular weight excluding hydrogens is 264 g/mol. The Bertz CT molecular complexity index is 500. The average molecular weight is 280 g/mol. The molecule has 0 bridgehead atoms. The minimum Gasteiger partial charge on any atom is -0.317 e. The highest BCUT2D eigenvalue weighted by Crippen LogP contribution is 2.46. The van der Waals surface area contributed by atoms with Crippen molar-refractivity contribution in [3.63, 3.8) is 0 Å². The summed E-state index contributed by atoms with van der Waals surface area (Å²) in [6, 6.07) is -1.63. The van der Waals surface area contributed by atoms with Crippen LogP contribution in [0.25, 0.3) is 0 Å². The van der Waals surface area contributed by atoms with Crippen molar-refractivity contribution < 1.29 is 19.2 Å². The number of imide groups is 2. The van der Waals surface area contributed by atoms with Crippen LogP contribution in [0.2, 0.25) is 0 Å². The van der Waals surface area contributed by atoms with Gasteiger partial charge in [0.25, 0.3) is 0 Å². The van der Waals surface area contributed by atoms with Gasteiger partial charge in [0.05, 0.1) is 5.92 Å². The second kappa shape index (κ2) is 3.78. The van der Waals surface area contributed by atoms with Crippen molar-refractivity contribution in [2.45, 2.75) is 12.1 Å². The van der Waals surface area contributed by atoms with E-state index in [1.54, 1.807) is 14.1 Å². The molecule has 0 aromatic heterocycles. The number of urea groups is 2. The minimum absolute atomic E-state index is 0.344. The Morgan fingerprint density at radius 2 is 1.45 bits per heavy atom. The fourth-order valence-corrected chi connectivity index (χ4v) is 3.61. The van der Waals surface area contributed by atoms with Gasteiger partial charge in [-0.25, -0.2) is 14.5 Å². The van der Waals surface area contributed by atoms with Crippen LogP contribution in [0.4, 0.5) is 9.59 Å². The number of amides is 6. The summed E-state index contributed by atoms with van der Waals surface area (Å²) in [5.74, 6) is -1.80. The zero-order chi connectivity index (χ0) is 14.9. The minimum atomic E-state index is -0.557. The average Bonchev–Trinajstić information content (AvgIpc) is 2.39. The first-order chi connectivity index (χ1) is 9.29. The lowest BCUT2D eigenvalue weighted by atomic mass is 9.60. The first-order valence-corrected chi connectivity index (χ1v) is 6.37. The summed E-state index contributed by atoms with van der Waals surface area (Å²) in [6.45, 7) is 0. The van der Waals surface area contributed by atoms with Crippen molar-refractivity contribution in [1.29, 1.82) is 0 Å². The molecule has 2 heterocycles. The summed E-state index contributed by atoms with van der Waals surface area (Å²) in [6.07, 6.45) is 0. The van der Waals surface area contributed by atoms with E-state index in [0.29, 0.717) is 0 Å². The number of rotatable bonds is 0. The van der Waals surface area contributed by atoms with Gasteiger partial charge < -0.3 is 4.90 Å². The van der Waals surface area contributed by atoms with E-state index in [9.17, 15) is 19.2 Å². The zero-order valence-corrected chi connectivity index (χ0v) is 11.7. The Kier molecular flexibility index (Phi) is 2.47. The molecule has 0 spiro atoms. The molecule has 3 rings (SSSR count). The molecule has 0 aromatic carbocycles. The second-order valence-corrected chi connectivity index (χ2v) is 5.61. The standard InChI is InChI=1S/C12H16N4O4/c1-13-7-5(9(17)15(3)11(13)19)6-8(7)14(2)12(20)16(4)10(6)18/h5-8H,1-4H3/q+1/t5-,6+,7-,8+. The van der Waals surface area contributed by atoms with Gasteiger partial charge >= 0.3 is 12.1 Å². The number of carbonyl (C=O) groups is 4. The van der Waals surface area contributed by atoms with Crippen LogP contribution in [0.5, 0.6) is 0 Å². The van der Waals surface area contributed by atoms with Crippen LogP contribution in [0.15, 0.2) is 0 Å². The van der Waals surface area contributed by atoms with Crippen LogP contribution in [-0.4, -0.2) is 78.9 Å². The van der Waals surface area contributed by atoms with Gasteiger partial charge in [0.1, 0.15) is 19.0 Å². The molecule has 0 N–H and O–H groups in total. The quantitative estimate of drug-likeness (QED) is 0.525. The molecule has 2 aliphatic heterocycles. The van der Waals surface area contributed by atoms with Gasteiger partial charge in [0.15, 0.2) is 6.04 Å². The molecule has 20 heavy (non-hydrogen) atoms. The van der Waals surface area contributed by atoms with Crippen molar-refractivity contribution in [2.24, 2.45) is 11.8 Å². The maximum atomic E-state index is 12.2. The van der Waals surface area contributed by atoms with Crippen molar-refractivity contribution in [3.8, 4) is 0 Å². The number of nitrogens with zero attached hydrogens (tertiary/aromatic N) is 4. The van der Waals surface area contributed by atoms with Crippen LogP contribution in [0.3, 0.4) is 0 Å². The summed E-state index contributed by atoms with van der Waals surface area (Å²) in [5.41, 5.74) is 0. The smallest absolute Gasteiger partial charge is 0.317 e. The van der Waals surface area contributed by atoms with Crippen LogP contribution in [0, 0.1) is 11.8 Å². The monoisotopic (exact) mass is 280 g/mol. The Hall–Kier alpha value is -1.96. The predicted octanol–water partition coefficient (Wildman–Crippen LogP) is -1.14. The van der Waals surface area contributed by atoms with E-state index < -0.39 is 36.0 Å². The Morgan fingerprint density at radius 1 is 0.900 bits per heavy atom. The second-order valence-electron chi connectivity index (χ2n) is 5.61. The third-order valence-electron chi connectivity index (χ3n) is 4.78. The fraction of sp³-hybridized carbons (Fsp3) is 0.667. The molecule has 107 valence electrons. The lowest BCUT2D eigenvalue weighted by molar-refractivity contribution is -0.168. The van der Waals surface area contributed by atoms with Crippen LogP contribution < -0.4 is 4.90 Å². The van der Waals surface area contributed by atoms with Gasteiger partial charge in [-0.3, -0.25) is 14.5 Å². The lowest BCUT2D eigenvalue weighted by Crippen LogP contribution is -2.83. The first kappa shape index (κ1) is 13.0. The van der Waals surface area contributed by atoms with E-state index in [2.05, 4.69) is 0 Å². The first-order valence-electron chi connectivity index (χ1n) is 6.37. The molecule has 6 amide bonds. The third kappa shape index (κ3) is 1.24. The molecule has 3 aliphatic rings. The zero-order valence-electron chi connectivity index (χ0n) is 11.7. The summed E-state index contributed by atoms with van der Waals surface area (Å²) in [4.78, 5) is 53.4. The van der Waals surface area contributed by atoms with Crippen molar-refractivity contribution in [1.82, 2.24) is 19.6 Å². The Balaban J connectivity index is 2.02. The van der Waals surface area contributed by atoms with E-state index in [4.69, 9.17) is 0 Å². The normalized spacial score (nSPS) is 37.9. The van der Waals surface area contributed by atoms with Gasteiger partial charge in [0.2, 0.25) is 11.8 Å². The molecule has 1 radical (unpaired) electrons. The summed E-state index contributed by atoms with van der Waals surface area (Å²) in [7, 11) is 6.02. The van der Waals surface area contributed by atoms with E-state index in [1.807, 2.05) is 0 Å². The molecule has 8 nitrogen and oxygen atoms in total. The number of carbonyl (C=O) groups excluding carboxylic acids is 4. The molecule has 1 aliphatic carbocycles. The molecule has 1 saturated carbocycles. The SMILES string of the molecule is CN1C(=O)[C@@H]2[C@@H]3C(=O)N(C)C(=O)[N+](C)[C@@H]3[C@@H]2N(C)C1=O. The fourth-order valence-electron chi connectivity index (χ4n) is 3.61. The van der Waals surface area contributed by atoms with E-state index >= 15 is 0 Å². The number of fused-ring (bicyclic) bond motifs is 4. The van der Waals surface area contributed by atoms with Gasteiger partial charge in [-0.15, -0.1) is 0 Å². The van der Waals surface area contributed by atoms with Gasteiger partial charge in [0, 0.05) is 21.1 Å². The van der Waals surface area contributed by atoms with Gasteiger partial charge in [-0.05, 0) is 0 Å². The number of likely N-dealkylation sites (N-methyl/N-ethyl adjacent to an activating group) is 2. The van der Waals surface area contributed by atoms with Crippen LogP contribution in [0.1, 0.15) is 0 Å². The van der Waals surface area contributed by atoms with Crippen LogP contribution >= 0.6 is 0 Å². The molecule has 0 unspecified atom stereocenters. The van der Waals surface area contributed by atoms with Crippen molar-refractivity contribution >= 4 is 23.9 Å². The van der Waals surface area contributed by atoms with E-state index in [1.165, 1.54) is 23.9 Å². The largest absolute Gasteiger partial charge is 0.473 e. The Labute approximate surface area is 115 Å². The molecule has 2 saturated heterocycles. The van der Waals surface area contributed by atoms with E-state index in [0.717, 1.165) is 9.80 Å². The topological polar surface area (TPSA) is 83.9 Å². The highest BCUT2D eigenvalue weighted by molar-refractivity contribution is 6.07. The maximum absolute atomic E-state index is 12.2. The van der Waals surface area contributed by atoms with Crippen molar-refractivity contribution in [2.75, 3.05) is 28.2 Å². The maximum Gasteiger partial charge on any atom is 0.473 e. The van der Waals surface area contributed by atoms with Gasteiger partial charge in [-0.1, -0.05) is 4.90 Å². The number of hydrogen-bond donors (Lipinski definition) is 0. The summed E-state index contributed by atoms with van der Waals surface area (Å²) < 4.78 is 0. The molecular formula is C12H16N4O4+. The molecule has 8 heteroatoms. The highest BCUT2D eigenvalue weighted by atomic mass is 16.2. The predicted molar refractivity (Wildman–Crippen MR) is 66.7 cm³/mol. The number of hydrogen-bond acceptors (Lipinski definition) is 4. The van der Waals surface area contributed by atoms with Crippen molar-refractivity contribution in [3.05, 3.63) is 0 Å². The highest BCUT2D eigenvalue weighted by Gasteiger charge is 2.73. The molecule has 4 atom stereocenters. The molecule has 0 aromatic rings.